The summed E-state index contributed by atoms with van der Waals surface area (Å²) in [6, 6.07) is 2.03. The van der Waals surface area contributed by atoms with Gasteiger partial charge in [-0.3, -0.25) is 0 Å². The first-order valence-electron chi connectivity index (χ1n) is 4.53. The van der Waals surface area contributed by atoms with E-state index in [2.05, 4.69) is 5.32 Å². The number of hydrogen-bond donors (Lipinski definition) is 1. The standard InChI is InChI=1S/C9H14ClNO2S2/c1-7(8-5-9(10)14-6-8)11-3-4-15(2,12)13/h5-7,11H,3-4H2,1-2H3. The van der Waals surface area contributed by atoms with E-state index < -0.39 is 9.84 Å². The van der Waals surface area contributed by atoms with Crippen molar-refractivity contribution in [2.45, 2.75) is 13.0 Å². The van der Waals surface area contributed by atoms with E-state index in [-0.39, 0.29) is 11.8 Å². The summed E-state index contributed by atoms with van der Waals surface area (Å²) in [5, 5.41) is 5.11. The molecule has 1 aromatic rings. The highest BCUT2D eigenvalue weighted by atomic mass is 35.5. The molecule has 0 bridgehead atoms. The summed E-state index contributed by atoms with van der Waals surface area (Å²) in [7, 11) is -2.88. The molecular weight excluding hydrogens is 254 g/mol. The van der Waals surface area contributed by atoms with Gasteiger partial charge in [0, 0.05) is 18.8 Å². The zero-order valence-electron chi connectivity index (χ0n) is 8.66. The molecule has 86 valence electrons. The van der Waals surface area contributed by atoms with Crippen LogP contribution in [-0.2, 0) is 9.84 Å². The Kier molecular flexibility index (Phi) is 4.58. The van der Waals surface area contributed by atoms with Crippen molar-refractivity contribution in [2.75, 3.05) is 18.6 Å². The van der Waals surface area contributed by atoms with Gasteiger partial charge < -0.3 is 5.32 Å². The zero-order chi connectivity index (χ0) is 11.5. The van der Waals surface area contributed by atoms with E-state index in [0.717, 1.165) is 9.90 Å². The number of sulfone groups is 1. The molecule has 0 saturated carbocycles. The minimum atomic E-state index is -2.88. The molecule has 0 spiro atoms. The van der Waals surface area contributed by atoms with Gasteiger partial charge in [-0.05, 0) is 23.9 Å². The summed E-state index contributed by atoms with van der Waals surface area (Å²) < 4.78 is 22.5. The average molecular weight is 268 g/mol. The Morgan fingerprint density at radius 3 is 2.73 bits per heavy atom. The maximum absolute atomic E-state index is 10.9. The first-order valence-corrected chi connectivity index (χ1v) is 7.85. The van der Waals surface area contributed by atoms with E-state index in [0.29, 0.717) is 6.54 Å². The third-order valence-electron chi connectivity index (χ3n) is 2.01. The van der Waals surface area contributed by atoms with Crippen molar-refractivity contribution in [3.05, 3.63) is 21.3 Å². The van der Waals surface area contributed by atoms with Gasteiger partial charge in [0.05, 0.1) is 10.1 Å². The second kappa shape index (κ2) is 5.30. The lowest BCUT2D eigenvalue weighted by molar-refractivity contribution is 0.576. The number of rotatable bonds is 5. The van der Waals surface area contributed by atoms with Crippen LogP contribution in [-0.4, -0.2) is 27.0 Å². The van der Waals surface area contributed by atoms with Crippen LogP contribution in [0, 0.1) is 0 Å². The summed E-state index contributed by atoms with van der Waals surface area (Å²) in [6.07, 6.45) is 1.24. The van der Waals surface area contributed by atoms with Gasteiger partial charge in [-0.15, -0.1) is 11.3 Å². The predicted octanol–water partition coefficient (Wildman–Crippen LogP) is 2.10. The molecule has 0 saturated heterocycles. The molecule has 1 unspecified atom stereocenters. The highest BCUT2D eigenvalue weighted by Gasteiger charge is 2.08. The molecule has 1 N–H and O–H groups in total. The molecule has 0 fully saturated rings. The molecule has 0 aliphatic heterocycles. The summed E-state index contributed by atoms with van der Waals surface area (Å²) in [6.45, 7) is 2.45. The summed E-state index contributed by atoms with van der Waals surface area (Å²) in [5.41, 5.74) is 1.10. The Hall–Kier alpha value is -0.100. The third-order valence-corrected chi connectivity index (χ3v) is 4.07. The summed E-state index contributed by atoms with van der Waals surface area (Å²) in [5.74, 6) is 0.162. The Bertz CT molecular complexity index is 414. The molecule has 6 heteroatoms. The van der Waals surface area contributed by atoms with Crippen molar-refractivity contribution in [1.29, 1.82) is 0 Å². The normalized spacial score (nSPS) is 14.1. The summed E-state index contributed by atoms with van der Waals surface area (Å²) in [4.78, 5) is 0. The van der Waals surface area contributed by atoms with Crippen LogP contribution < -0.4 is 5.32 Å². The molecule has 1 heterocycles. The minimum Gasteiger partial charge on any atom is -0.309 e. The summed E-state index contributed by atoms with van der Waals surface area (Å²) >= 11 is 7.28. The zero-order valence-corrected chi connectivity index (χ0v) is 11.0. The molecule has 0 aromatic carbocycles. The third kappa shape index (κ3) is 4.97. The van der Waals surface area contributed by atoms with Gasteiger partial charge in [0.15, 0.2) is 0 Å². The maximum atomic E-state index is 10.9. The Labute approximate surface area is 99.4 Å². The van der Waals surface area contributed by atoms with E-state index in [4.69, 9.17) is 11.6 Å². The van der Waals surface area contributed by atoms with Crippen molar-refractivity contribution in [3.63, 3.8) is 0 Å². The molecule has 0 radical (unpaired) electrons. The van der Waals surface area contributed by atoms with Crippen molar-refractivity contribution in [1.82, 2.24) is 5.32 Å². The SMILES string of the molecule is CC(NCCS(C)(=O)=O)c1csc(Cl)c1. The van der Waals surface area contributed by atoms with Gasteiger partial charge in [0.25, 0.3) is 0 Å². The van der Waals surface area contributed by atoms with Crippen LogP contribution >= 0.6 is 22.9 Å². The number of halogens is 1. The van der Waals surface area contributed by atoms with Gasteiger partial charge in [-0.25, -0.2) is 8.42 Å². The molecule has 15 heavy (non-hydrogen) atoms. The van der Waals surface area contributed by atoms with Gasteiger partial charge in [-0.1, -0.05) is 11.6 Å². The fraction of sp³-hybridized carbons (Fsp3) is 0.556. The van der Waals surface area contributed by atoms with E-state index >= 15 is 0 Å². The highest BCUT2D eigenvalue weighted by molar-refractivity contribution is 7.90. The predicted molar refractivity (Wildman–Crippen MR) is 65.5 cm³/mol. The maximum Gasteiger partial charge on any atom is 0.148 e. The first kappa shape index (κ1) is 13.0. The smallest absolute Gasteiger partial charge is 0.148 e. The minimum absolute atomic E-state index is 0.135. The quantitative estimate of drug-likeness (QED) is 0.889. The molecule has 1 aromatic heterocycles. The monoisotopic (exact) mass is 267 g/mol. The molecule has 1 rings (SSSR count). The van der Waals surface area contributed by atoms with Gasteiger partial charge in [0.2, 0.25) is 0 Å². The van der Waals surface area contributed by atoms with Crippen LogP contribution in [0.1, 0.15) is 18.5 Å². The van der Waals surface area contributed by atoms with E-state index in [1.807, 2.05) is 18.4 Å². The second-order valence-corrected chi connectivity index (χ2v) is 7.29. The van der Waals surface area contributed by atoms with Crippen LogP contribution in [0.5, 0.6) is 0 Å². The highest BCUT2D eigenvalue weighted by Crippen LogP contribution is 2.24. The average Bonchev–Trinajstić information content (AvgIpc) is 2.49. The van der Waals surface area contributed by atoms with Crippen LogP contribution in [0.15, 0.2) is 11.4 Å². The molecule has 3 nitrogen and oxygen atoms in total. The van der Waals surface area contributed by atoms with Gasteiger partial charge >= 0.3 is 0 Å². The van der Waals surface area contributed by atoms with Crippen molar-refractivity contribution >= 4 is 32.8 Å². The fourth-order valence-corrected chi connectivity index (χ4v) is 2.60. The lowest BCUT2D eigenvalue weighted by atomic mass is 10.2. The Balaban J connectivity index is 2.40. The molecule has 1 atom stereocenters. The van der Waals surface area contributed by atoms with Crippen molar-refractivity contribution in [3.8, 4) is 0 Å². The van der Waals surface area contributed by atoms with Gasteiger partial charge in [-0.2, -0.15) is 0 Å². The van der Waals surface area contributed by atoms with Crippen LogP contribution in [0.4, 0.5) is 0 Å². The molecule has 0 amide bonds. The van der Waals surface area contributed by atoms with Crippen LogP contribution in [0.25, 0.3) is 0 Å². The number of nitrogens with one attached hydrogen (secondary N) is 1. The largest absolute Gasteiger partial charge is 0.309 e. The number of thiophene rings is 1. The van der Waals surface area contributed by atoms with Crippen molar-refractivity contribution < 1.29 is 8.42 Å². The van der Waals surface area contributed by atoms with E-state index in [9.17, 15) is 8.42 Å². The molecule has 0 aliphatic rings. The van der Waals surface area contributed by atoms with Crippen LogP contribution in [0.3, 0.4) is 0 Å². The topological polar surface area (TPSA) is 46.2 Å². The number of hydrogen-bond acceptors (Lipinski definition) is 4. The van der Waals surface area contributed by atoms with E-state index in [1.54, 1.807) is 0 Å². The fourth-order valence-electron chi connectivity index (χ4n) is 1.13. The molecular formula is C9H14ClNO2S2. The van der Waals surface area contributed by atoms with Crippen molar-refractivity contribution in [2.24, 2.45) is 0 Å². The second-order valence-electron chi connectivity index (χ2n) is 3.49. The molecule has 0 aliphatic carbocycles. The lowest BCUT2D eigenvalue weighted by Crippen LogP contribution is -2.24. The van der Waals surface area contributed by atoms with E-state index in [1.165, 1.54) is 17.6 Å². The van der Waals surface area contributed by atoms with Crippen LogP contribution in [0.2, 0.25) is 4.34 Å². The Morgan fingerprint density at radius 2 is 2.27 bits per heavy atom. The van der Waals surface area contributed by atoms with Gasteiger partial charge in [0.1, 0.15) is 9.84 Å². The Morgan fingerprint density at radius 1 is 1.60 bits per heavy atom. The lowest BCUT2D eigenvalue weighted by Gasteiger charge is -2.11. The first-order chi connectivity index (χ1) is 6.88.